The van der Waals surface area contributed by atoms with Crippen LogP contribution in [-0.4, -0.2) is 30.3 Å². The number of nitriles is 1. The van der Waals surface area contributed by atoms with E-state index in [4.69, 9.17) is 25.6 Å². The summed E-state index contributed by atoms with van der Waals surface area (Å²) in [5.41, 5.74) is 7.53. The Kier molecular flexibility index (Phi) is 9.46. The number of hydrogen-bond acceptors (Lipinski definition) is 7. The molecule has 0 aliphatic carbocycles. The number of para-hydroxylation sites is 2. The fourth-order valence-electron chi connectivity index (χ4n) is 3.63. The number of anilines is 3. The van der Waals surface area contributed by atoms with Gasteiger partial charge in [-0.05, 0) is 60.2 Å². The van der Waals surface area contributed by atoms with E-state index in [1.165, 1.54) is 6.08 Å². The molecule has 9 nitrogen and oxygen atoms in total. The van der Waals surface area contributed by atoms with E-state index in [9.17, 15) is 9.59 Å². The summed E-state index contributed by atoms with van der Waals surface area (Å²) in [4.78, 5) is 25.5. The molecule has 0 bridgehead atoms. The highest BCUT2D eigenvalue weighted by Crippen LogP contribution is 2.39. The van der Waals surface area contributed by atoms with E-state index in [-0.39, 0.29) is 13.2 Å². The van der Waals surface area contributed by atoms with Crippen LogP contribution < -0.4 is 21.1 Å². The van der Waals surface area contributed by atoms with Crippen LogP contribution in [-0.2, 0) is 9.53 Å². The first-order valence-electron chi connectivity index (χ1n) is 11.9. The molecular weight excluding hydrogens is 484 g/mol. The molecule has 0 saturated heterocycles. The van der Waals surface area contributed by atoms with Crippen molar-refractivity contribution in [2.75, 3.05) is 29.6 Å². The lowest BCUT2D eigenvalue weighted by Crippen LogP contribution is -2.28. The smallest absolute Gasteiger partial charge is 0.412 e. The molecule has 0 aliphatic heterocycles. The lowest BCUT2D eigenvalue weighted by molar-refractivity contribution is -0.112. The Morgan fingerprint density at radius 3 is 2.50 bits per heavy atom. The minimum Gasteiger partial charge on any atom is -0.491 e. The van der Waals surface area contributed by atoms with E-state index in [2.05, 4.69) is 10.6 Å². The van der Waals surface area contributed by atoms with Gasteiger partial charge in [0.05, 0.1) is 29.6 Å². The molecule has 196 valence electrons. The molecule has 0 saturated carbocycles. The monoisotopic (exact) mass is 514 g/mol. The van der Waals surface area contributed by atoms with Gasteiger partial charge in [-0.2, -0.15) is 5.26 Å². The van der Waals surface area contributed by atoms with E-state index in [1.54, 1.807) is 78.9 Å². The van der Waals surface area contributed by atoms with Gasteiger partial charge in [-0.25, -0.2) is 4.79 Å². The summed E-state index contributed by atoms with van der Waals surface area (Å²) in [7, 11) is 0. The summed E-state index contributed by atoms with van der Waals surface area (Å²) >= 11 is 0. The van der Waals surface area contributed by atoms with E-state index < -0.39 is 23.5 Å². The number of nitrogens with one attached hydrogen (secondary N) is 2. The predicted molar refractivity (Wildman–Crippen MR) is 145 cm³/mol. The Morgan fingerprint density at radius 1 is 1.08 bits per heavy atom. The normalized spacial score (nSPS) is 11.8. The van der Waals surface area contributed by atoms with Crippen LogP contribution in [0.25, 0.3) is 0 Å². The van der Waals surface area contributed by atoms with E-state index in [0.717, 1.165) is 0 Å². The number of aliphatic hydroxyl groups excluding tert-OH is 1. The van der Waals surface area contributed by atoms with E-state index in [0.29, 0.717) is 33.9 Å². The van der Waals surface area contributed by atoms with Crippen LogP contribution in [0.2, 0.25) is 0 Å². The molecule has 3 aromatic carbocycles. The largest absolute Gasteiger partial charge is 0.491 e. The van der Waals surface area contributed by atoms with Crippen molar-refractivity contribution in [1.29, 1.82) is 5.26 Å². The highest BCUT2D eigenvalue weighted by atomic mass is 16.6. The van der Waals surface area contributed by atoms with Gasteiger partial charge in [0.25, 0.3) is 0 Å². The van der Waals surface area contributed by atoms with Crippen LogP contribution in [0, 0.1) is 16.7 Å². The fraction of sp³-hybridized carbons (Fsp3) is 0.207. The zero-order valence-electron chi connectivity index (χ0n) is 21.2. The first-order chi connectivity index (χ1) is 18.2. The van der Waals surface area contributed by atoms with Crippen molar-refractivity contribution < 1.29 is 24.2 Å². The molecule has 0 spiro atoms. The maximum atomic E-state index is 12.9. The van der Waals surface area contributed by atoms with Crippen LogP contribution in [0.4, 0.5) is 21.9 Å². The van der Waals surface area contributed by atoms with Crippen LogP contribution in [0.15, 0.2) is 84.9 Å². The molecule has 0 aromatic heterocycles. The number of nitrogen functional groups attached to an aromatic ring is 1. The van der Waals surface area contributed by atoms with Crippen molar-refractivity contribution in [2.45, 2.75) is 20.0 Å². The third-order valence-electron chi connectivity index (χ3n) is 5.56. The molecule has 1 atom stereocenters. The van der Waals surface area contributed by atoms with E-state index >= 15 is 0 Å². The second-order valence-corrected chi connectivity index (χ2v) is 8.98. The van der Waals surface area contributed by atoms with Crippen molar-refractivity contribution in [2.24, 2.45) is 5.41 Å². The minimum absolute atomic E-state index is 0.111. The molecule has 3 rings (SSSR count). The molecule has 0 fully saturated rings. The summed E-state index contributed by atoms with van der Waals surface area (Å²) in [6.45, 7) is 3.62. The number of benzene rings is 3. The van der Waals surface area contributed by atoms with E-state index in [1.807, 2.05) is 19.9 Å². The molecule has 0 heterocycles. The number of amides is 2. The van der Waals surface area contributed by atoms with Crippen molar-refractivity contribution in [1.82, 2.24) is 0 Å². The Hall–Kier alpha value is -4.81. The van der Waals surface area contributed by atoms with Gasteiger partial charge in [-0.3, -0.25) is 10.1 Å². The molecule has 0 radical (unpaired) electrons. The van der Waals surface area contributed by atoms with Crippen molar-refractivity contribution in [3.8, 4) is 11.8 Å². The summed E-state index contributed by atoms with van der Waals surface area (Å²) in [5.74, 6) is 0.103. The summed E-state index contributed by atoms with van der Waals surface area (Å²) in [6, 6.07) is 22.3. The Labute approximate surface area is 221 Å². The lowest BCUT2D eigenvalue weighted by atomic mass is 9.82. The van der Waals surface area contributed by atoms with Crippen LogP contribution >= 0.6 is 0 Å². The van der Waals surface area contributed by atoms with Crippen molar-refractivity contribution in [3.63, 3.8) is 0 Å². The van der Waals surface area contributed by atoms with Crippen molar-refractivity contribution in [3.05, 3.63) is 96.1 Å². The van der Waals surface area contributed by atoms with Gasteiger partial charge in [-0.1, -0.05) is 44.2 Å². The molecular formula is C29H30N4O5. The maximum absolute atomic E-state index is 12.9. The number of hydrogen-bond donors (Lipinski definition) is 4. The number of rotatable bonds is 10. The standard InChI is InChI=1S/C29H30N4O5/c1-29(2,15-14-26(35)33-25-9-4-3-8-24(25)31)27(21-6-5-7-23(18-21)37-17-16-34)38-28(36)32-22-12-10-20(19-30)11-13-22/h3-15,18,27,34H,16-17,31H2,1-2H3,(H,32,36)(H,33,35)/b15-14+/t27-/m1/s1. The van der Waals surface area contributed by atoms with Gasteiger partial charge in [0.15, 0.2) is 0 Å². The van der Waals surface area contributed by atoms with Gasteiger partial charge in [-0.15, -0.1) is 0 Å². The molecule has 0 unspecified atom stereocenters. The number of nitrogens with zero attached hydrogens (tertiary/aromatic N) is 1. The second kappa shape index (κ2) is 12.9. The average molecular weight is 515 g/mol. The number of aliphatic hydroxyl groups is 1. The first kappa shape index (κ1) is 27.8. The number of ether oxygens (including phenoxy) is 2. The molecule has 9 heteroatoms. The van der Waals surface area contributed by atoms with Crippen molar-refractivity contribution >= 4 is 29.1 Å². The minimum atomic E-state index is -0.850. The summed E-state index contributed by atoms with van der Waals surface area (Å²) in [5, 5.41) is 23.5. The fourth-order valence-corrected chi connectivity index (χ4v) is 3.63. The lowest BCUT2D eigenvalue weighted by Gasteiger charge is -2.32. The Morgan fingerprint density at radius 2 is 1.82 bits per heavy atom. The molecule has 2 amide bonds. The van der Waals surface area contributed by atoms with Gasteiger partial charge < -0.3 is 25.6 Å². The average Bonchev–Trinajstić information content (AvgIpc) is 2.91. The SMILES string of the molecule is CC(C)(/C=C/C(=O)Nc1ccccc1N)[C@H](OC(=O)Nc1ccc(C#N)cc1)c1cccc(OCCO)c1. The quantitative estimate of drug-likeness (QED) is 0.219. The first-order valence-corrected chi connectivity index (χ1v) is 11.9. The number of nitrogens with two attached hydrogens (primary N) is 1. The van der Waals surface area contributed by atoms with Gasteiger partial charge in [0.2, 0.25) is 5.91 Å². The molecule has 3 aromatic rings. The topological polar surface area (TPSA) is 147 Å². The highest BCUT2D eigenvalue weighted by molar-refractivity contribution is 6.01. The van der Waals surface area contributed by atoms with Crippen LogP contribution in [0.5, 0.6) is 5.75 Å². The maximum Gasteiger partial charge on any atom is 0.412 e. The predicted octanol–water partition coefficient (Wildman–Crippen LogP) is 5.02. The second-order valence-electron chi connectivity index (χ2n) is 8.98. The molecule has 5 N–H and O–H groups in total. The number of carbonyl (C=O) groups is 2. The molecule has 0 aliphatic rings. The van der Waals surface area contributed by atoms with Crippen LogP contribution in [0.3, 0.4) is 0 Å². The zero-order valence-corrected chi connectivity index (χ0v) is 21.2. The van der Waals surface area contributed by atoms with Gasteiger partial charge in [0, 0.05) is 11.1 Å². The Balaban J connectivity index is 1.84. The third-order valence-corrected chi connectivity index (χ3v) is 5.56. The molecule has 38 heavy (non-hydrogen) atoms. The van der Waals surface area contributed by atoms with Crippen LogP contribution in [0.1, 0.15) is 31.1 Å². The zero-order chi connectivity index (χ0) is 27.5. The third kappa shape index (κ3) is 7.85. The Bertz CT molecular complexity index is 1330. The number of carbonyl (C=O) groups excluding carboxylic acids is 2. The summed E-state index contributed by atoms with van der Waals surface area (Å²) in [6.07, 6.45) is 1.48. The summed E-state index contributed by atoms with van der Waals surface area (Å²) < 4.78 is 11.4. The van der Waals surface area contributed by atoms with Gasteiger partial charge in [0.1, 0.15) is 18.5 Å². The highest BCUT2D eigenvalue weighted by Gasteiger charge is 2.33. The van der Waals surface area contributed by atoms with Gasteiger partial charge >= 0.3 is 6.09 Å².